The third kappa shape index (κ3) is 5.53. The van der Waals surface area contributed by atoms with Gasteiger partial charge < -0.3 is 15.8 Å². The molecule has 3 rings (SSSR count). The highest BCUT2D eigenvalue weighted by molar-refractivity contribution is 7.88. The molecule has 0 aliphatic carbocycles. The van der Waals surface area contributed by atoms with E-state index in [0.717, 1.165) is 16.8 Å². The number of morpholine rings is 1. The Morgan fingerprint density at radius 1 is 1.04 bits per heavy atom. The minimum absolute atomic E-state index is 0.0509. The smallest absolute Gasteiger partial charge is 0.218 e. The van der Waals surface area contributed by atoms with Crippen molar-refractivity contribution in [2.45, 2.75) is 12.3 Å². The first kappa shape index (κ1) is 19.3. The summed E-state index contributed by atoms with van der Waals surface area (Å²) >= 11 is 0. The molecule has 1 aliphatic heterocycles. The van der Waals surface area contributed by atoms with Crippen LogP contribution in [0.3, 0.4) is 0 Å². The Hall–Kier alpha value is -2.42. The summed E-state index contributed by atoms with van der Waals surface area (Å²) in [7, 11) is -3.39. The molecule has 0 saturated carbocycles. The van der Waals surface area contributed by atoms with E-state index in [0.29, 0.717) is 32.8 Å². The summed E-state index contributed by atoms with van der Waals surface area (Å²) in [6, 6.07) is 16.9. The number of para-hydroxylation sites is 1. The zero-order valence-corrected chi connectivity index (χ0v) is 15.9. The van der Waals surface area contributed by atoms with Crippen molar-refractivity contribution < 1.29 is 13.2 Å². The van der Waals surface area contributed by atoms with E-state index in [1.54, 1.807) is 0 Å². The summed E-state index contributed by atoms with van der Waals surface area (Å²) in [5.41, 5.74) is 8.37. The lowest BCUT2D eigenvalue weighted by Crippen LogP contribution is -2.41. The quantitative estimate of drug-likeness (QED) is 0.581. The molecule has 1 saturated heterocycles. The molecule has 0 unspecified atom stereocenters. The predicted octanol–water partition coefficient (Wildman–Crippen LogP) is 1.78. The van der Waals surface area contributed by atoms with Crippen LogP contribution >= 0.6 is 0 Å². The lowest BCUT2D eigenvalue weighted by Gasteiger charge is -2.26. The van der Waals surface area contributed by atoms with Crippen molar-refractivity contribution >= 4 is 21.7 Å². The van der Waals surface area contributed by atoms with Crippen molar-refractivity contribution in [1.82, 2.24) is 4.31 Å². The average molecular weight is 388 g/mol. The van der Waals surface area contributed by atoms with Crippen LogP contribution in [0.4, 0.5) is 5.69 Å². The standard InChI is InChI=1S/C19H24N4O3S/c20-19(22-18-8-2-1-3-9-18)21-14-16-6-4-5-7-17(16)15-27(24,25)23-10-12-26-13-11-23/h1-9H,10-15H2,(H3,20,21,22). The summed E-state index contributed by atoms with van der Waals surface area (Å²) in [6.07, 6.45) is 0. The molecular weight excluding hydrogens is 364 g/mol. The minimum atomic E-state index is -3.39. The Balaban J connectivity index is 1.69. The number of rotatable bonds is 6. The van der Waals surface area contributed by atoms with Crippen LogP contribution in [0.1, 0.15) is 11.1 Å². The Labute approximate surface area is 159 Å². The van der Waals surface area contributed by atoms with Gasteiger partial charge in [-0.05, 0) is 23.3 Å². The molecule has 0 atom stereocenters. The summed E-state index contributed by atoms with van der Waals surface area (Å²) in [5, 5.41) is 3.02. The number of nitrogens with zero attached hydrogens (tertiary/aromatic N) is 2. The van der Waals surface area contributed by atoms with Crippen molar-refractivity contribution in [3.8, 4) is 0 Å². The lowest BCUT2D eigenvalue weighted by atomic mass is 10.1. The summed E-state index contributed by atoms with van der Waals surface area (Å²) in [6.45, 7) is 1.98. The van der Waals surface area contributed by atoms with Gasteiger partial charge in [0, 0.05) is 18.8 Å². The number of nitrogens with two attached hydrogens (primary N) is 1. The molecule has 0 radical (unpaired) electrons. The Kier molecular flexibility index (Phi) is 6.44. The number of sulfonamides is 1. The molecule has 1 aliphatic rings. The van der Waals surface area contributed by atoms with E-state index in [1.165, 1.54) is 4.31 Å². The predicted molar refractivity (Wildman–Crippen MR) is 107 cm³/mol. The van der Waals surface area contributed by atoms with Gasteiger partial charge in [0.15, 0.2) is 5.96 Å². The van der Waals surface area contributed by atoms with Crippen LogP contribution < -0.4 is 11.1 Å². The SMILES string of the molecule is NC(=NCc1ccccc1CS(=O)(=O)N1CCOCC1)Nc1ccccc1. The van der Waals surface area contributed by atoms with E-state index in [-0.39, 0.29) is 11.7 Å². The maximum atomic E-state index is 12.7. The van der Waals surface area contributed by atoms with Gasteiger partial charge in [-0.3, -0.25) is 0 Å². The molecule has 1 fully saturated rings. The average Bonchev–Trinajstić information content (AvgIpc) is 2.68. The van der Waals surface area contributed by atoms with E-state index in [9.17, 15) is 8.42 Å². The Bertz CT molecular complexity index is 879. The second-order valence-electron chi connectivity index (χ2n) is 6.23. The number of aliphatic imine (C=N–C) groups is 1. The van der Waals surface area contributed by atoms with Crippen molar-refractivity contribution in [3.05, 3.63) is 65.7 Å². The molecule has 2 aromatic rings. The topological polar surface area (TPSA) is 97.0 Å². The van der Waals surface area contributed by atoms with Crippen LogP contribution in [0.15, 0.2) is 59.6 Å². The summed E-state index contributed by atoms with van der Waals surface area (Å²) < 4.78 is 32.1. The normalized spacial score (nSPS) is 16.2. The molecule has 0 amide bonds. The third-order valence-electron chi connectivity index (χ3n) is 4.29. The van der Waals surface area contributed by atoms with Crippen LogP contribution in [0.2, 0.25) is 0 Å². The fourth-order valence-electron chi connectivity index (χ4n) is 2.84. The number of benzene rings is 2. The van der Waals surface area contributed by atoms with Gasteiger partial charge in [-0.2, -0.15) is 4.31 Å². The summed E-state index contributed by atoms with van der Waals surface area (Å²) in [5.74, 6) is 0.233. The number of hydrogen-bond donors (Lipinski definition) is 2. The van der Waals surface area contributed by atoms with Crippen molar-refractivity contribution in [3.63, 3.8) is 0 Å². The van der Waals surface area contributed by atoms with Crippen molar-refractivity contribution in [2.24, 2.45) is 10.7 Å². The van der Waals surface area contributed by atoms with E-state index in [2.05, 4.69) is 10.3 Å². The maximum Gasteiger partial charge on any atom is 0.218 e. The van der Waals surface area contributed by atoms with Gasteiger partial charge in [0.2, 0.25) is 10.0 Å². The molecule has 27 heavy (non-hydrogen) atoms. The van der Waals surface area contributed by atoms with E-state index >= 15 is 0 Å². The first-order chi connectivity index (χ1) is 13.0. The molecule has 0 aromatic heterocycles. The highest BCUT2D eigenvalue weighted by Gasteiger charge is 2.25. The van der Waals surface area contributed by atoms with Crippen LogP contribution in [0, 0.1) is 0 Å². The first-order valence-electron chi connectivity index (χ1n) is 8.79. The monoisotopic (exact) mass is 388 g/mol. The maximum absolute atomic E-state index is 12.7. The van der Waals surface area contributed by atoms with Gasteiger partial charge in [-0.25, -0.2) is 13.4 Å². The summed E-state index contributed by atoms with van der Waals surface area (Å²) in [4.78, 5) is 4.35. The van der Waals surface area contributed by atoms with Crippen LogP contribution in [0.25, 0.3) is 0 Å². The van der Waals surface area contributed by atoms with Gasteiger partial charge in [-0.15, -0.1) is 0 Å². The van der Waals surface area contributed by atoms with Gasteiger partial charge in [0.1, 0.15) is 0 Å². The van der Waals surface area contributed by atoms with Crippen LogP contribution in [0.5, 0.6) is 0 Å². The molecule has 8 heteroatoms. The number of ether oxygens (including phenoxy) is 1. The van der Waals surface area contributed by atoms with Crippen LogP contribution in [-0.4, -0.2) is 45.0 Å². The molecule has 0 bridgehead atoms. The largest absolute Gasteiger partial charge is 0.379 e. The molecule has 2 aromatic carbocycles. The third-order valence-corrected chi connectivity index (χ3v) is 6.11. The molecular formula is C19H24N4O3S. The highest BCUT2D eigenvalue weighted by atomic mass is 32.2. The van der Waals surface area contributed by atoms with Crippen molar-refractivity contribution in [2.75, 3.05) is 31.6 Å². The van der Waals surface area contributed by atoms with E-state index in [1.807, 2.05) is 54.6 Å². The number of nitrogens with one attached hydrogen (secondary N) is 1. The zero-order valence-electron chi connectivity index (χ0n) is 15.0. The van der Waals surface area contributed by atoms with Gasteiger partial charge in [0.25, 0.3) is 0 Å². The Morgan fingerprint density at radius 2 is 1.67 bits per heavy atom. The number of hydrogen-bond acceptors (Lipinski definition) is 4. The van der Waals surface area contributed by atoms with E-state index in [4.69, 9.17) is 10.5 Å². The second kappa shape index (κ2) is 8.98. The number of anilines is 1. The first-order valence-corrected chi connectivity index (χ1v) is 10.4. The zero-order chi connectivity index (χ0) is 19.1. The van der Waals surface area contributed by atoms with E-state index < -0.39 is 10.0 Å². The molecule has 144 valence electrons. The fourth-order valence-corrected chi connectivity index (χ4v) is 4.41. The highest BCUT2D eigenvalue weighted by Crippen LogP contribution is 2.17. The van der Waals surface area contributed by atoms with Crippen LogP contribution in [-0.2, 0) is 27.1 Å². The molecule has 3 N–H and O–H groups in total. The van der Waals surface area contributed by atoms with Gasteiger partial charge >= 0.3 is 0 Å². The molecule has 1 heterocycles. The van der Waals surface area contributed by atoms with Crippen molar-refractivity contribution in [1.29, 1.82) is 0 Å². The molecule has 0 spiro atoms. The Morgan fingerprint density at radius 3 is 2.37 bits per heavy atom. The second-order valence-corrected chi connectivity index (χ2v) is 8.20. The fraction of sp³-hybridized carbons (Fsp3) is 0.316. The molecule has 7 nitrogen and oxygen atoms in total. The minimum Gasteiger partial charge on any atom is -0.379 e. The number of guanidine groups is 1. The van der Waals surface area contributed by atoms with Gasteiger partial charge in [0.05, 0.1) is 25.5 Å². The van der Waals surface area contributed by atoms with Gasteiger partial charge in [-0.1, -0.05) is 42.5 Å². The lowest BCUT2D eigenvalue weighted by molar-refractivity contribution is 0.0729.